The van der Waals surface area contributed by atoms with Crippen molar-refractivity contribution >= 4 is 24.3 Å². The van der Waals surface area contributed by atoms with Crippen molar-refractivity contribution in [3.8, 4) is 0 Å². The molecule has 2 rings (SSSR count). The number of hydrogen-bond acceptors (Lipinski definition) is 3. The van der Waals surface area contributed by atoms with Gasteiger partial charge in [-0.15, -0.1) is 12.4 Å². The summed E-state index contributed by atoms with van der Waals surface area (Å²) in [5.74, 6) is -0.911. The average molecular weight is 355 g/mol. The van der Waals surface area contributed by atoms with Gasteiger partial charge in [-0.2, -0.15) is 0 Å². The molecule has 1 aliphatic rings. The minimum atomic E-state index is -0.892. The highest BCUT2D eigenvalue weighted by Gasteiger charge is 2.32. The van der Waals surface area contributed by atoms with E-state index in [4.69, 9.17) is 5.11 Å². The number of aryl methyl sites for hydroxylation is 1. The van der Waals surface area contributed by atoms with Gasteiger partial charge in [-0.1, -0.05) is 43.2 Å². The highest BCUT2D eigenvalue weighted by atomic mass is 35.5. The lowest BCUT2D eigenvalue weighted by atomic mass is 10.1. The van der Waals surface area contributed by atoms with Gasteiger partial charge in [-0.3, -0.25) is 14.9 Å². The van der Waals surface area contributed by atoms with Crippen LogP contribution >= 0.6 is 12.4 Å². The van der Waals surface area contributed by atoms with Gasteiger partial charge >= 0.3 is 5.97 Å². The molecule has 1 saturated carbocycles. The Morgan fingerprint density at radius 3 is 2.42 bits per heavy atom. The third kappa shape index (κ3) is 6.13. The Bertz CT molecular complexity index is 544. The molecule has 1 fully saturated rings. The summed E-state index contributed by atoms with van der Waals surface area (Å²) in [6.07, 6.45) is 3.38. The molecule has 0 bridgehead atoms. The molecule has 5 nitrogen and oxygen atoms in total. The van der Waals surface area contributed by atoms with Gasteiger partial charge in [-0.25, -0.2) is 0 Å². The van der Waals surface area contributed by atoms with Crippen LogP contribution in [0.4, 0.5) is 0 Å². The first-order valence-corrected chi connectivity index (χ1v) is 8.32. The molecule has 1 aliphatic carbocycles. The maximum atomic E-state index is 12.5. The third-order valence-electron chi connectivity index (χ3n) is 4.16. The summed E-state index contributed by atoms with van der Waals surface area (Å²) in [6.45, 7) is 4.65. The second kappa shape index (κ2) is 9.64. The van der Waals surface area contributed by atoms with Gasteiger partial charge in [-0.05, 0) is 31.7 Å². The first-order chi connectivity index (χ1) is 11.0. The van der Waals surface area contributed by atoms with Crippen LogP contribution in [-0.2, 0) is 16.1 Å². The lowest BCUT2D eigenvalue weighted by Crippen LogP contribution is -2.45. The quantitative estimate of drug-likeness (QED) is 0.715. The predicted octanol–water partition coefficient (Wildman–Crippen LogP) is 2.75. The van der Waals surface area contributed by atoms with Crippen LogP contribution in [0.1, 0.15) is 43.7 Å². The topological polar surface area (TPSA) is 69.6 Å². The molecule has 0 radical (unpaired) electrons. The number of benzene rings is 1. The van der Waals surface area contributed by atoms with E-state index in [1.54, 1.807) is 0 Å². The summed E-state index contributed by atoms with van der Waals surface area (Å²) < 4.78 is 0. The van der Waals surface area contributed by atoms with Crippen LogP contribution in [0.25, 0.3) is 0 Å². The van der Waals surface area contributed by atoms with E-state index in [-0.39, 0.29) is 24.9 Å². The van der Waals surface area contributed by atoms with Crippen molar-refractivity contribution in [1.29, 1.82) is 0 Å². The minimum Gasteiger partial charge on any atom is -0.480 e. The zero-order chi connectivity index (χ0) is 16.8. The number of aliphatic carboxylic acids is 1. The van der Waals surface area contributed by atoms with Gasteiger partial charge in [0.15, 0.2) is 0 Å². The van der Waals surface area contributed by atoms with E-state index in [2.05, 4.69) is 5.32 Å². The van der Waals surface area contributed by atoms with Gasteiger partial charge in [0.05, 0.1) is 6.54 Å². The molecule has 1 atom stereocenters. The van der Waals surface area contributed by atoms with Crippen LogP contribution in [0.3, 0.4) is 0 Å². The van der Waals surface area contributed by atoms with Gasteiger partial charge < -0.3 is 10.0 Å². The van der Waals surface area contributed by atoms with E-state index in [1.807, 2.05) is 43.0 Å². The van der Waals surface area contributed by atoms with Gasteiger partial charge in [0.2, 0.25) is 5.91 Å². The minimum absolute atomic E-state index is 0. The summed E-state index contributed by atoms with van der Waals surface area (Å²) in [5, 5.41) is 12.0. The smallest absolute Gasteiger partial charge is 0.320 e. The molecule has 0 aliphatic heterocycles. The molecule has 1 amide bonds. The molecule has 134 valence electrons. The predicted molar refractivity (Wildman–Crippen MR) is 96.3 cm³/mol. The maximum absolute atomic E-state index is 12.5. The van der Waals surface area contributed by atoms with Crippen LogP contribution in [0.5, 0.6) is 0 Å². The number of carboxylic acids is 1. The standard InChI is InChI=1S/C18H26N2O3.ClH/c1-3-4-16(18(22)23)19-11-17(21)20(15-9-10-15)12-14-7-5-13(2)6-8-14;/h5-8,15-16,19H,3-4,9-12H2,1-2H3,(H,22,23);1H. The summed E-state index contributed by atoms with van der Waals surface area (Å²) in [7, 11) is 0. The van der Waals surface area contributed by atoms with Crippen molar-refractivity contribution < 1.29 is 14.7 Å². The molecule has 24 heavy (non-hydrogen) atoms. The number of rotatable bonds is 9. The number of hydrogen-bond donors (Lipinski definition) is 2. The van der Waals surface area contributed by atoms with Gasteiger partial charge in [0.25, 0.3) is 0 Å². The summed E-state index contributed by atoms with van der Waals surface area (Å²) in [6, 6.07) is 7.84. The van der Waals surface area contributed by atoms with Crippen molar-refractivity contribution in [2.75, 3.05) is 6.54 Å². The van der Waals surface area contributed by atoms with Crippen molar-refractivity contribution in [2.45, 2.75) is 58.2 Å². The number of halogens is 1. The van der Waals surface area contributed by atoms with Crippen LogP contribution in [0, 0.1) is 6.92 Å². The van der Waals surface area contributed by atoms with E-state index in [1.165, 1.54) is 5.56 Å². The van der Waals surface area contributed by atoms with E-state index in [9.17, 15) is 9.59 Å². The van der Waals surface area contributed by atoms with Crippen molar-refractivity contribution in [3.05, 3.63) is 35.4 Å². The number of nitrogens with one attached hydrogen (secondary N) is 1. The zero-order valence-corrected chi connectivity index (χ0v) is 15.1. The van der Waals surface area contributed by atoms with E-state index < -0.39 is 12.0 Å². The second-order valence-electron chi connectivity index (χ2n) is 6.30. The molecule has 1 aromatic carbocycles. The van der Waals surface area contributed by atoms with E-state index >= 15 is 0 Å². The fraction of sp³-hybridized carbons (Fsp3) is 0.556. The number of carbonyl (C=O) groups excluding carboxylic acids is 1. The number of nitrogens with zero attached hydrogens (tertiary/aromatic N) is 1. The Morgan fingerprint density at radius 1 is 1.29 bits per heavy atom. The highest BCUT2D eigenvalue weighted by Crippen LogP contribution is 2.28. The largest absolute Gasteiger partial charge is 0.480 e. The van der Waals surface area contributed by atoms with Crippen LogP contribution < -0.4 is 5.32 Å². The molecule has 0 aromatic heterocycles. The lowest BCUT2D eigenvalue weighted by molar-refractivity contribution is -0.140. The number of amides is 1. The maximum Gasteiger partial charge on any atom is 0.320 e. The summed E-state index contributed by atoms with van der Waals surface area (Å²) >= 11 is 0. The Morgan fingerprint density at radius 2 is 1.92 bits per heavy atom. The zero-order valence-electron chi connectivity index (χ0n) is 14.3. The van der Waals surface area contributed by atoms with Gasteiger partial charge in [0.1, 0.15) is 6.04 Å². The molecule has 6 heteroatoms. The average Bonchev–Trinajstić information content (AvgIpc) is 3.35. The van der Waals surface area contributed by atoms with E-state index in [0.717, 1.165) is 24.8 Å². The Kier molecular flexibility index (Phi) is 8.22. The van der Waals surface area contributed by atoms with Crippen molar-refractivity contribution in [2.24, 2.45) is 0 Å². The Balaban J connectivity index is 0.00000288. The molecular formula is C18H27ClN2O3. The fourth-order valence-corrected chi connectivity index (χ4v) is 2.61. The van der Waals surface area contributed by atoms with Crippen LogP contribution in [0.15, 0.2) is 24.3 Å². The van der Waals surface area contributed by atoms with Gasteiger partial charge in [0, 0.05) is 12.6 Å². The van der Waals surface area contributed by atoms with Crippen LogP contribution in [0.2, 0.25) is 0 Å². The first-order valence-electron chi connectivity index (χ1n) is 8.32. The SMILES string of the molecule is CCCC(NCC(=O)N(Cc1ccc(C)cc1)C1CC1)C(=O)O.Cl. The molecule has 0 saturated heterocycles. The molecule has 0 heterocycles. The molecule has 1 unspecified atom stereocenters. The first kappa shape index (κ1) is 20.5. The summed E-state index contributed by atoms with van der Waals surface area (Å²) in [4.78, 5) is 25.5. The summed E-state index contributed by atoms with van der Waals surface area (Å²) in [5.41, 5.74) is 2.31. The number of carbonyl (C=O) groups is 2. The lowest BCUT2D eigenvalue weighted by Gasteiger charge is -2.24. The monoisotopic (exact) mass is 354 g/mol. The molecule has 2 N–H and O–H groups in total. The van der Waals surface area contributed by atoms with Crippen molar-refractivity contribution in [1.82, 2.24) is 10.2 Å². The van der Waals surface area contributed by atoms with Crippen molar-refractivity contribution in [3.63, 3.8) is 0 Å². The third-order valence-corrected chi connectivity index (χ3v) is 4.16. The number of carboxylic acid groups (broad SMARTS) is 1. The normalized spacial score (nSPS) is 14.6. The van der Waals surface area contributed by atoms with Crippen LogP contribution in [-0.4, -0.2) is 40.5 Å². The highest BCUT2D eigenvalue weighted by molar-refractivity contribution is 5.85. The Labute approximate surface area is 149 Å². The molecule has 0 spiro atoms. The fourth-order valence-electron chi connectivity index (χ4n) is 2.61. The molecule has 1 aromatic rings. The second-order valence-corrected chi connectivity index (χ2v) is 6.30. The Hall–Kier alpha value is -1.59. The molecular weight excluding hydrogens is 328 g/mol. The van der Waals surface area contributed by atoms with E-state index in [0.29, 0.717) is 19.0 Å².